The van der Waals surface area contributed by atoms with Crippen LogP contribution in [0.5, 0.6) is 0 Å². The summed E-state index contributed by atoms with van der Waals surface area (Å²) in [7, 11) is 0. The van der Waals surface area contributed by atoms with Gasteiger partial charge in [-0.3, -0.25) is 0 Å². The number of furan rings is 2. The van der Waals surface area contributed by atoms with E-state index in [0.29, 0.717) is 17.5 Å². The molecule has 270 valence electrons. The highest BCUT2D eigenvalue weighted by atomic mass is 16.3. The Balaban J connectivity index is 1.07. The van der Waals surface area contributed by atoms with Gasteiger partial charge < -0.3 is 8.83 Å². The van der Waals surface area contributed by atoms with Gasteiger partial charge in [-0.15, -0.1) is 0 Å². The first-order chi connectivity index (χ1) is 28.7. The van der Waals surface area contributed by atoms with Gasteiger partial charge in [0, 0.05) is 43.8 Å². The minimum absolute atomic E-state index is 0.575. The van der Waals surface area contributed by atoms with Gasteiger partial charge in [0.25, 0.3) is 0 Å². The Bertz CT molecular complexity index is 3580. The zero-order valence-corrected chi connectivity index (χ0v) is 31.1. The number of nitrogens with zero attached hydrogens (tertiary/aromatic N) is 3. The van der Waals surface area contributed by atoms with Gasteiger partial charge >= 0.3 is 0 Å². The molecule has 3 aromatic heterocycles. The molecule has 0 aliphatic rings. The molecule has 3 heterocycles. The van der Waals surface area contributed by atoms with Crippen molar-refractivity contribution >= 4 is 65.4 Å². The number of aromatic nitrogens is 3. The molecule has 9 aromatic carbocycles. The van der Waals surface area contributed by atoms with E-state index in [4.69, 9.17) is 23.8 Å². The number of fused-ring (bicyclic) bond motifs is 9. The van der Waals surface area contributed by atoms with E-state index in [-0.39, 0.29) is 0 Å². The standard InChI is InChI=1S/C53H31N3O2/c1-2-11-32(12-3-1)35-15-8-16-38(30-35)51-54-52(39-25-27-40-36(31-39)26-28-47-48(40)42-17-6-7-21-45(42)57-47)56-53(55-51)44-20-10-22-46-49(44)43-19-9-18-41(50(43)58-46)37-24-23-33-13-4-5-14-34(33)29-37/h1-31H. The van der Waals surface area contributed by atoms with Crippen molar-refractivity contribution in [2.75, 3.05) is 0 Å². The van der Waals surface area contributed by atoms with E-state index in [1.165, 1.54) is 10.8 Å². The monoisotopic (exact) mass is 741 g/mol. The number of rotatable bonds is 5. The quantitative estimate of drug-likeness (QED) is 0.176. The van der Waals surface area contributed by atoms with E-state index >= 15 is 0 Å². The van der Waals surface area contributed by atoms with E-state index in [2.05, 4.69) is 158 Å². The van der Waals surface area contributed by atoms with Gasteiger partial charge in [0.15, 0.2) is 17.5 Å². The Labute approximate surface area is 332 Å². The second kappa shape index (κ2) is 12.8. The topological polar surface area (TPSA) is 65.0 Å². The SMILES string of the molecule is c1ccc(-c2cccc(-c3nc(-c4ccc5c(ccc6oc7ccccc7c65)c4)nc(-c4cccc5oc6c(-c7ccc8ccccc8c7)cccc6c45)n3)c2)cc1. The summed E-state index contributed by atoms with van der Waals surface area (Å²) in [5.41, 5.74) is 10.4. The maximum atomic E-state index is 6.74. The van der Waals surface area contributed by atoms with Crippen molar-refractivity contribution in [1.82, 2.24) is 15.0 Å². The first-order valence-corrected chi connectivity index (χ1v) is 19.4. The maximum Gasteiger partial charge on any atom is 0.164 e. The van der Waals surface area contributed by atoms with E-state index in [9.17, 15) is 0 Å². The van der Waals surface area contributed by atoms with Crippen molar-refractivity contribution in [3.63, 3.8) is 0 Å². The average molecular weight is 742 g/mol. The highest BCUT2D eigenvalue weighted by Crippen LogP contribution is 2.42. The number of para-hydroxylation sites is 2. The molecule has 0 spiro atoms. The molecule has 0 fully saturated rings. The summed E-state index contributed by atoms with van der Waals surface area (Å²) in [5, 5.41) is 8.77. The van der Waals surface area contributed by atoms with Crippen LogP contribution in [0.1, 0.15) is 0 Å². The summed E-state index contributed by atoms with van der Waals surface area (Å²) >= 11 is 0. The molecule has 0 saturated carbocycles. The molecule has 0 N–H and O–H groups in total. The molecule has 0 saturated heterocycles. The Morgan fingerprint density at radius 2 is 0.914 bits per heavy atom. The van der Waals surface area contributed by atoms with Crippen molar-refractivity contribution in [2.45, 2.75) is 0 Å². The predicted molar refractivity (Wildman–Crippen MR) is 237 cm³/mol. The fourth-order valence-electron chi connectivity index (χ4n) is 8.53. The van der Waals surface area contributed by atoms with Crippen LogP contribution in [0.2, 0.25) is 0 Å². The molecule has 12 rings (SSSR count). The molecule has 0 unspecified atom stereocenters. The van der Waals surface area contributed by atoms with Crippen molar-refractivity contribution in [3.05, 3.63) is 188 Å². The predicted octanol–water partition coefficient (Wildman–Crippen LogP) is 14.3. The third-order valence-corrected chi connectivity index (χ3v) is 11.3. The third-order valence-electron chi connectivity index (χ3n) is 11.3. The maximum absolute atomic E-state index is 6.74. The molecular formula is C53H31N3O2. The first kappa shape index (κ1) is 32.4. The van der Waals surface area contributed by atoms with Crippen LogP contribution in [-0.4, -0.2) is 15.0 Å². The molecule has 0 aliphatic heterocycles. The Hall–Kier alpha value is -7.89. The fraction of sp³-hybridized carbons (Fsp3) is 0. The second-order valence-corrected chi connectivity index (χ2v) is 14.8. The zero-order valence-electron chi connectivity index (χ0n) is 31.1. The summed E-state index contributed by atoms with van der Waals surface area (Å²) in [6.45, 7) is 0. The highest BCUT2D eigenvalue weighted by Gasteiger charge is 2.20. The second-order valence-electron chi connectivity index (χ2n) is 14.8. The number of hydrogen-bond acceptors (Lipinski definition) is 5. The largest absolute Gasteiger partial charge is 0.456 e. The van der Waals surface area contributed by atoms with Gasteiger partial charge in [-0.05, 0) is 74.6 Å². The molecule has 58 heavy (non-hydrogen) atoms. The van der Waals surface area contributed by atoms with Crippen LogP contribution in [0.3, 0.4) is 0 Å². The van der Waals surface area contributed by atoms with Crippen molar-refractivity contribution in [1.29, 1.82) is 0 Å². The number of benzene rings is 9. The van der Waals surface area contributed by atoms with Crippen LogP contribution in [0.4, 0.5) is 0 Å². The van der Waals surface area contributed by atoms with E-state index in [1.54, 1.807) is 0 Å². The average Bonchev–Trinajstić information content (AvgIpc) is 3.88. The molecule has 0 bridgehead atoms. The summed E-state index contributed by atoms with van der Waals surface area (Å²) in [6.07, 6.45) is 0. The Kier molecular flexibility index (Phi) is 7.16. The van der Waals surface area contributed by atoms with Crippen molar-refractivity contribution in [2.24, 2.45) is 0 Å². The molecule has 5 nitrogen and oxygen atoms in total. The van der Waals surface area contributed by atoms with Gasteiger partial charge in [0.1, 0.15) is 22.3 Å². The molecular weight excluding hydrogens is 711 g/mol. The van der Waals surface area contributed by atoms with Gasteiger partial charge in [-0.2, -0.15) is 0 Å². The lowest BCUT2D eigenvalue weighted by Gasteiger charge is -2.11. The minimum Gasteiger partial charge on any atom is -0.456 e. The molecule has 0 aliphatic carbocycles. The molecule has 12 aromatic rings. The molecule has 5 heteroatoms. The number of hydrogen-bond donors (Lipinski definition) is 0. The molecule has 0 amide bonds. The minimum atomic E-state index is 0.575. The lowest BCUT2D eigenvalue weighted by atomic mass is 9.98. The Morgan fingerprint density at radius 1 is 0.293 bits per heavy atom. The van der Waals surface area contributed by atoms with Crippen LogP contribution in [0.15, 0.2) is 197 Å². The summed E-state index contributed by atoms with van der Waals surface area (Å²) < 4.78 is 12.9. The van der Waals surface area contributed by atoms with Gasteiger partial charge in [-0.25, -0.2) is 15.0 Å². The molecule has 0 atom stereocenters. The Morgan fingerprint density at radius 3 is 1.83 bits per heavy atom. The zero-order chi connectivity index (χ0) is 38.2. The van der Waals surface area contributed by atoms with Crippen LogP contribution in [0.25, 0.3) is 122 Å². The summed E-state index contributed by atoms with van der Waals surface area (Å²) in [6, 6.07) is 65.1. The summed E-state index contributed by atoms with van der Waals surface area (Å²) in [4.78, 5) is 15.7. The van der Waals surface area contributed by atoms with Crippen LogP contribution < -0.4 is 0 Å². The van der Waals surface area contributed by atoms with Crippen molar-refractivity contribution < 1.29 is 8.83 Å². The smallest absolute Gasteiger partial charge is 0.164 e. The van der Waals surface area contributed by atoms with Crippen molar-refractivity contribution in [3.8, 4) is 56.4 Å². The lowest BCUT2D eigenvalue weighted by Crippen LogP contribution is -2.00. The van der Waals surface area contributed by atoms with Gasteiger partial charge in [0.05, 0.1) is 0 Å². The van der Waals surface area contributed by atoms with Crippen LogP contribution >= 0.6 is 0 Å². The summed E-state index contributed by atoms with van der Waals surface area (Å²) in [5.74, 6) is 1.76. The van der Waals surface area contributed by atoms with Crippen LogP contribution in [0, 0.1) is 0 Å². The van der Waals surface area contributed by atoms with Gasteiger partial charge in [0.2, 0.25) is 0 Å². The third kappa shape index (κ3) is 5.21. The van der Waals surface area contributed by atoms with E-state index in [0.717, 1.165) is 93.6 Å². The molecule has 0 radical (unpaired) electrons. The lowest BCUT2D eigenvalue weighted by molar-refractivity contribution is 0.669. The van der Waals surface area contributed by atoms with E-state index in [1.807, 2.05) is 30.3 Å². The van der Waals surface area contributed by atoms with E-state index < -0.39 is 0 Å². The van der Waals surface area contributed by atoms with Gasteiger partial charge in [-0.1, -0.05) is 152 Å². The first-order valence-electron chi connectivity index (χ1n) is 19.4. The normalized spacial score (nSPS) is 11.8. The van der Waals surface area contributed by atoms with Crippen LogP contribution in [-0.2, 0) is 0 Å². The fourth-order valence-corrected chi connectivity index (χ4v) is 8.53. The highest BCUT2D eigenvalue weighted by molar-refractivity contribution is 6.19.